The van der Waals surface area contributed by atoms with Crippen molar-refractivity contribution in [3.63, 3.8) is 0 Å². The van der Waals surface area contributed by atoms with Gasteiger partial charge in [0.2, 0.25) is 0 Å². The van der Waals surface area contributed by atoms with E-state index in [-0.39, 0.29) is 20.1 Å². The maximum Gasteiger partial charge on any atom is 0.0595 e. The van der Waals surface area contributed by atoms with Crippen LogP contribution in [0.4, 0.5) is 0 Å². The Balaban J connectivity index is 0.000000156. The van der Waals surface area contributed by atoms with Crippen molar-refractivity contribution in [2.45, 2.75) is 0 Å². The molecule has 0 aliphatic heterocycles. The van der Waals surface area contributed by atoms with Crippen LogP contribution < -0.4 is 0 Å². The first kappa shape index (κ1) is 26.5. The Kier molecular flexibility index (Phi) is 7.65. The van der Waals surface area contributed by atoms with Gasteiger partial charge >= 0.3 is 0 Å². The van der Waals surface area contributed by atoms with Gasteiger partial charge in [0.25, 0.3) is 0 Å². The molecular weight excluding hydrogens is 677 g/mol. The summed E-state index contributed by atoms with van der Waals surface area (Å²) >= 11 is 0. The van der Waals surface area contributed by atoms with Crippen LogP contribution >= 0.6 is 0 Å². The third-order valence-corrected chi connectivity index (χ3v) is 7.20. The molecule has 6 aromatic carbocycles. The third-order valence-electron chi connectivity index (χ3n) is 7.20. The SMILES string of the molecule is [Ir].[c-]1ccccc1-c1cc2c3ccccc3c3ccccc3c2cn1.[c-]1ccccc1-c1ccc2ccccc2n1. The molecule has 2 heterocycles. The second-order valence-corrected chi connectivity index (χ2v) is 9.65. The second-order valence-electron chi connectivity index (χ2n) is 9.65. The molecule has 0 saturated heterocycles. The summed E-state index contributed by atoms with van der Waals surface area (Å²) in [5.41, 5.74) is 5.02. The minimum absolute atomic E-state index is 0. The molecule has 0 saturated carbocycles. The van der Waals surface area contributed by atoms with E-state index in [0.717, 1.165) is 28.0 Å². The average molecular weight is 701 g/mol. The Morgan fingerprint density at radius 2 is 0.976 bits per heavy atom. The largest absolute Gasteiger partial charge is 0.304 e. The number of para-hydroxylation sites is 1. The smallest absolute Gasteiger partial charge is 0.0595 e. The van der Waals surface area contributed by atoms with Crippen molar-refractivity contribution in [3.05, 3.63) is 158 Å². The summed E-state index contributed by atoms with van der Waals surface area (Å²) in [4.78, 5) is 9.32. The van der Waals surface area contributed by atoms with Gasteiger partial charge in [-0.1, -0.05) is 84.9 Å². The first-order valence-electron chi connectivity index (χ1n) is 13.3. The molecular formula is C38H24IrN2-2. The zero-order chi connectivity index (χ0) is 26.7. The quantitative estimate of drug-likeness (QED) is 0.133. The molecule has 0 N–H and O–H groups in total. The molecule has 3 heteroatoms. The molecule has 2 aromatic heterocycles. The van der Waals surface area contributed by atoms with E-state index in [1.165, 1.54) is 37.7 Å². The number of nitrogens with zero attached hydrogens (tertiary/aromatic N) is 2. The minimum atomic E-state index is 0. The van der Waals surface area contributed by atoms with Gasteiger partial charge in [-0.05, 0) is 49.8 Å². The van der Waals surface area contributed by atoms with Crippen molar-refractivity contribution in [1.82, 2.24) is 9.97 Å². The normalized spacial score (nSPS) is 10.7. The average Bonchev–Trinajstić information content (AvgIpc) is 3.05. The zero-order valence-corrected chi connectivity index (χ0v) is 24.5. The second kappa shape index (κ2) is 11.8. The summed E-state index contributed by atoms with van der Waals surface area (Å²) in [5.74, 6) is 0. The van der Waals surface area contributed by atoms with E-state index in [9.17, 15) is 0 Å². The molecule has 0 unspecified atom stereocenters. The van der Waals surface area contributed by atoms with Crippen LogP contribution in [0.25, 0.3) is 65.7 Å². The maximum atomic E-state index is 4.70. The molecule has 8 rings (SSSR count). The topological polar surface area (TPSA) is 25.8 Å². The third kappa shape index (κ3) is 5.26. The van der Waals surface area contributed by atoms with Crippen LogP contribution in [0.3, 0.4) is 0 Å². The molecule has 0 fully saturated rings. The molecule has 0 aliphatic carbocycles. The number of benzene rings is 6. The Labute approximate surface area is 252 Å². The van der Waals surface area contributed by atoms with Crippen molar-refractivity contribution in [2.75, 3.05) is 0 Å². The van der Waals surface area contributed by atoms with Gasteiger partial charge < -0.3 is 4.98 Å². The van der Waals surface area contributed by atoms with E-state index < -0.39 is 0 Å². The van der Waals surface area contributed by atoms with Gasteiger partial charge in [0.15, 0.2) is 0 Å². The van der Waals surface area contributed by atoms with E-state index >= 15 is 0 Å². The summed E-state index contributed by atoms with van der Waals surface area (Å²) in [6, 6.07) is 54.0. The van der Waals surface area contributed by atoms with Crippen LogP contribution in [0.15, 0.2) is 146 Å². The molecule has 0 spiro atoms. The van der Waals surface area contributed by atoms with Crippen molar-refractivity contribution in [3.8, 4) is 22.5 Å². The molecule has 0 bridgehead atoms. The standard InChI is InChI=1S/C23H14N.C15H10N.Ir/c1-2-8-16(9-3-1)23-14-21-19-12-6-4-10-17(19)18-11-5-7-13-20(18)22(21)15-24-23;1-2-6-12(7-3-1)15-11-10-13-8-4-5-9-14(13)16-15;/h1-8,10-15H;1-6,8-11H;/q2*-1;. The number of aromatic nitrogens is 2. The van der Waals surface area contributed by atoms with Crippen LogP contribution in [0, 0.1) is 12.1 Å². The van der Waals surface area contributed by atoms with Crippen molar-refractivity contribution in [2.24, 2.45) is 0 Å². The van der Waals surface area contributed by atoms with Gasteiger partial charge in [0, 0.05) is 31.7 Å². The van der Waals surface area contributed by atoms with E-state index in [1.807, 2.05) is 72.9 Å². The molecule has 0 amide bonds. The summed E-state index contributed by atoms with van der Waals surface area (Å²) < 4.78 is 0. The van der Waals surface area contributed by atoms with E-state index in [4.69, 9.17) is 4.98 Å². The zero-order valence-electron chi connectivity index (χ0n) is 22.1. The molecule has 0 atom stereocenters. The fourth-order valence-corrected chi connectivity index (χ4v) is 5.27. The van der Waals surface area contributed by atoms with Crippen LogP contribution in [0.2, 0.25) is 0 Å². The van der Waals surface area contributed by atoms with Gasteiger partial charge in [-0.15, -0.1) is 71.8 Å². The summed E-state index contributed by atoms with van der Waals surface area (Å²) in [7, 11) is 0. The maximum absolute atomic E-state index is 4.70. The van der Waals surface area contributed by atoms with Gasteiger partial charge in [-0.2, -0.15) is 0 Å². The van der Waals surface area contributed by atoms with Crippen LogP contribution in [-0.2, 0) is 20.1 Å². The van der Waals surface area contributed by atoms with Gasteiger partial charge in [0.1, 0.15) is 0 Å². The van der Waals surface area contributed by atoms with Crippen molar-refractivity contribution < 1.29 is 20.1 Å². The van der Waals surface area contributed by atoms with Gasteiger partial charge in [0.05, 0.1) is 5.52 Å². The Bertz CT molecular complexity index is 2070. The fraction of sp³-hybridized carbons (Fsp3) is 0. The van der Waals surface area contributed by atoms with Crippen molar-refractivity contribution >= 4 is 43.2 Å². The van der Waals surface area contributed by atoms with Gasteiger partial charge in [-0.3, -0.25) is 4.98 Å². The monoisotopic (exact) mass is 701 g/mol. The first-order valence-corrected chi connectivity index (χ1v) is 13.3. The molecule has 1 radical (unpaired) electrons. The van der Waals surface area contributed by atoms with Gasteiger partial charge in [-0.25, -0.2) is 0 Å². The number of fused-ring (bicyclic) bond motifs is 7. The molecule has 8 aromatic rings. The molecule has 0 aliphatic rings. The van der Waals surface area contributed by atoms with E-state index in [0.29, 0.717) is 0 Å². The Morgan fingerprint density at radius 3 is 1.61 bits per heavy atom. The van der Waals surface area contributed by atoms with Crippen LogP contribution in [0.5, 0.6) is 0 Å². The minimum Gasteiger partial charge on any atom is -0.304 e. The van der Waals surface area contributed by atoms with Crippen LogP contribution in [0.1, 0.15) is 0 Å². The van der Waals surface area contributed by atoms with E-state index in [1.54, 1.807) is 0 Å². The van der Waals surface area contributed by atoms with Crippen molar-refractivity contribution in [1.29, 1.82) is 0 Å². The predicted octanol–water partition coefficient (Wildman–Crippen LogP) is 9.71. The van der Waals surface area contributed by atoms with Crippen LogP contribution in [-0.4, -0.2) is 9.97 Å². The van der Waals surface area contributed by atoms with E-state index in [2.05, 4.69) is 89.9 Å². The summed E-state index contributed by atoms with van der Waals surface area (Å²) in [5, 5.41) is 8.70. The molecule has 197 valence electrons. The molecule has 2 nitrogen and oxygen atoms in total. The number of hydrogen-bond acceptors (Lipinski definition) is 2. The predicted molar refractivity (Wildman–Crippen MR) is 167 cm³/mol. The number of hydrogen-bond donors (Lipinski definition) is 0. The number of pyridine rings is 2. The summed E-state index contributed by atoms with van der Waals surface area (Å²) in [6.45, 7) is 0. The molecule has 41 heavy (non-hydrogen) atoms. The summed E-state index contributed by atoms with van der Waals surface area (Å²) in [6.07, 6.45) is 2.00. The fourth-order valence-electron chi connectivity index (χ4n) is 5.27. The Hall–Kier alpha value is -4.69. The first-order chi connectivity index (χ1) is 19.8. The Morgan fingerprint density at radius 1 is 0.439 bits per heavy atom. The number of rotatable bonds is 2.